The van der Waals surface area contributed by atoms with Crippen LogP contribution in [0, 0.1) is 31.6 Å². The quantitative estimate of drug-likeness (QED) is 0.694. The molecule has 80 valence electrons. The van der Waals surface area contributed by atoms with Crippen LogP contribution in [-0.2, 0) is 0 Å². The second-order valence-electron chi connectivity index (χ2n) is 4.21. The zero-order chi connectivity index (χ0) is 11.4. The molecule has 1 aromatic carbocycles. The highest BCUT2D eigenvalue weighted by Crippen LogP contribution is 2.11. The summed E-state index contributed by atoms with van der Waals surface area (Å²) < 4.78 is 0. The Kier molecular flexibility index (Phi) is 3.94. The molecule has 0 aromatic heterocycles. The summed E-state index contributed by atoms with van der Waals surface area (Å²) in [6.07, 6.45) is -0.537. The first-order valence-electron chi connectivity index (χ1n) is 5.28. The van der Waals surface area contributed by atoms with E-state index in [2.05, 4.69) is 31.8 Å². The van der Waals surface area contributed by atoms with Crippen LogP contribution in [0.5, 0.6) is 0 Å². The van der Waals surface area contributed by atoms with Gasteiger partial charge in [0.25, 0.3) is 0 Å². The second kappa shape index (κ2) is 5.00. The predicted molar refractivity (Wildman–Crippen MR) is 63.6 cm³/mol. The molecule has 0 bridgehead atoms. The maximum atomic E-state index is 9.57. The summed E-state index contributed by atoms with van der Waals surface area (Å²) in [5.41, 5.74) is 3.44. The lowest BCUT2D eigenvalue weighted by Crippen LogP contribution is -2.11. The molecule has 1 N–H and O–H groups in total. The van der Waals surface area contributed by atoms with Gasteiger partial charge in [-0.05, 0) is 37.0 Å². The fourth-order valence-electron chi connectivity index (χ4n) is 1.20. The van der Waals surface area contributed by atoms with Crippen molar-refractivity contribution >= 4 is 0 Å². The highest BCUT2D eigenvalue weighted by atomic mass is 16.3. The van der Waals surface area contributed by atoms with Crippen LogP contribution in [0.25, 0.3) is 0 Å². The molecule has 0 saturated carbocycles. The minimum absolute atomic E-state index is 0.183. The molecule has 0 spiro atoms. The van der Waals surface area contributed by atoms with Crippen LogP contribution >= 0.6 is 0 Å². The van der Waals surface area contributed by atoms with Crippen LogP contribution < -0.4 is 0 Å². The third-order valence-electron chi connectivity index (χ3n) is 2.59. The van der Waals surface area contributed by atoms with E-state index in [4.69, 9.17) is 0 Å². The first kappa shape index (κ1) is 11.8. The van der Waals surface area contributed by atoms with Gasteiger partial charge in [-0.25, -0.2) is 0 Å². The van der Waals surface area contributed by atoms with Crippen molar-refractivity contribution in [2.24, 2.45) is 5.92 Å². The van der Waals surface area contributed by atoms with Crippen LogP contribution in [-0.4, -0.2) is 11.2 Å². The SMILES string of the molecule is Cc1cccc(C#CC(O)C(C)C)c1C. The monoisotopic (exact) mass is 202 g/mol. The first-order chi connectivity index (χ1) is 7.02. The number of aliphatic hydroxyl groups excluding tert-OH is 1. The Morgan fingerprint density at radius 2 is 1.87 bits per heavy atom. The lowest BCUT2D eigenvalue weighted by atomic mass is 10.0. The molecular weight excluding hydrogens is 184 g/mol. The average molecular weight is 202 g/mol. The summed E-state index contributed by atoms with van der Waals surface area (Å²) >= 11 is 0. The van der Waals surface area contributed by atoms with Gasteiger partial charge in [0.05, 0.1) is 0 Å². The Bertz CT molecular complexity index is 394. The average Bonchev–Trinajstić information content (AvgIpc) is 2.19. The molecule has 0 fully saturated rings. The van der Waals surface area contributed by atoms with Gasteiger partial charge in [-0.15, -0.1) is 0 Å². The molecule has 1 nitrogen and oxygen atoms in total. The summed E-state index contributed by atoms with van der Waals surface area (Å²) in [5, 5.41) is 9.57. The summed E-state index contributed by atoms with van der Waals surface area (Å²) in [6.45, 7) is 8.05. The minimum atomic E-state index is -0.537. The number of hydrogen-bond acceptors (Lipinski definition) is 1. The van der Waals surface area contributed by atoms with Gasteiger partial charge in [-0.2, -0.15) is 0 Å². The van der Waals surface area contributed by atoms with Crippen molar-refractivity contribution in [3.8, 4) is 11.8 Å². The van der Waals surface area contributed by atoms with Crippen LogP contribution in [0.3, 0.4) is 0 Å². The van der Waals surface area contributed by atoms with Crippen molar-refractivity contribution in [1.29, 1.82) is 0 Å². The van der Waals surface area contributed by atoms with E-state index in [0.29, 0.717) is 0 Å². The van der Waals surface area contributed by atoms with Gasteiger partial charge < -0.3 is 5.11 Å². The molecule has 1 rings (SSSR count). The van der Waals surface area contributed by atoms with Gasteiger partial charge in [0.15, 0.2) is 0 Å². The van der Waals surface area contributed by atoms with E-state index in [1.807, 2.05) is 26.0 Å². The normalized spacial score (nSPS) is 12.1. The molecule has 0 aliphatic heterocycles. The van der Waals surface area contributed by atoms with Crippen molar-refractivity contribution < 1.29 is 5.11 Å². The van der Waals surface area contributed by atoms with Crippen molar-refractivity contribution in [2.75, 3.05) is 0 Å². The van der Waals surface area contributed by atoms with Crippen molar-refractivity contribution in [3.05, 3.63) is 34.9 Å². The zero-order valence-electron chi connectivity index (χ0n) is 9.83. The van der Waals surface area contributed by atoms with Crippen LogP contribution in [0.15, 0.2) is 18.2 Å². The number of aryl methyl sites for hydroxylation is 1. The molecule has 0 aliphatic rings. The summed E-state index contributed by atoms with van der Waals surface area (Å²) in [5.74, 6) is 6.09. The Morgan fingerprint density at radius 3 is 2.47 bits per heavy atom. The third-order valence-corrected chi connectivity index (χ3v) is 2.59. The summed E-state index contributed by atoms with van der Waals surface area (Å²) in [4.78, 5) is 0. The highest BCUT2D eigenvalue weighted by molar-refractivity contribution is 5.44. The van der Waals surface area contributed by atoms with Crippen molar-refractivity contribution in [3.63, 3.8) is 0 Å². The molecule has 0 aliphatic carbocycles. The molecule has 0 heterocycles. The van der Waals surface area contributed by atoms with Gasteiger partial charge in [0.1, 0.15) is 6.10 Å². The Labute approximate surface area is 92.1 Å². The lowest BCUT2D eigenvalue weighted by molar-refractivity contribution is 0.181. The molecule has 1 atom stereocenters. The largest absolute Gasteiger partial charge is 0.380 e. The lowest BCUT2D eigenvalue weighted by Gasteiger charge is -2.06. The topological polar surface area (TPSA) is 20.2 Å². The number of rotatable bonds is 1. The predicted octanol–water partition coefficient (Wildman–Crippen LogP) is 2.67. The fraction of sp³-hybridized carbons (Fsp3) is 0.429. The molecule has 1 aromatic rings. The minimum Gasteiger partial charge on any atom is -0.380 e. The molecule has 1 unspecified atom stereocenters. The zero-order valence-corrected chi connectivity index (χ0v) is 9.83. The van der Waals surface area contributed by atoms with E-state index >= 15 is 0 Å². The number of aliphatic hydroxyl groups is 1. The summed E-state index contributed by atoms with van der Waals surface area (Å²) in [7, 11) is 0. The molecule has 1 heteroatoms. The maximum Gasteiger partial charge on any atom is 0.117 e. The van der Waals surface area contributed by atoms with Gasteiger partial charge >= 0.3 is 0 Å². The Hall–Kier alpha value is -1.26. The standard InChI is InChI=1S/C14H18O/c1-10(2)14(15)9-8-13-7-5-6-11(3)12(13)4/h5-7,10,14-15H,1-4H3. The van der Waals surface area contributed by atoms with Crippen LogP contribution in [0.4, 0.5) is 0 Å². The Balaban J connectivity index is 2.94. The highest BCUT2D eigenvalue weighted by Gasteiger charge is 2.04. The van der Waals surface area contributed by atoms with E-state index in [0.717, 1.165) is 5.56 Å². The number of benzene rings is 1. The maximum absolute atomic E-state index is 9.57. The van der Waals surface area contributed by atoms with Gasteiger partial charge in [0, 0.05) is 5.56 Å². The van der Waals surface area contributed by atoms with E-state index < -0.39 is 6.10 Å². The molecule has 15 heavy (non-hydrogen) atoms. The molecule has 0 amide bonds. The van der Waals surface area contributed by atoms with Crippen molar-refractivity contribution in [1.82, 2.24) is 0 Å². The van der Waals surface area contributed by atoms with Crippen LogP contribution in [0.1, 0.15) is 30.5 Å². The van der Waals surface area contributed by atoms with Gasteiger partial charge in [-0.1, -0.05) is 37.8 Å². The van der Waals surface area contributed by atoms with Crippen LogP contribution in [0.2, 0.25) is 0 Å². The third kappa shape index (κ3) is 3.11. The smallest absolute Gasteiger partial charge is 0.117 e. The van der Waals surface area contributed by atoms with Crippen molar-refractivity contribution in [2.45, 2.75) is 33.8 Å². The summed E-state index contributed by atoms with van der Waals surface area (Å²) in [6, 6.07) is 6.05. The van der Waals surface area contributed by atoms with E-state index in [-0.39, 0.29) is 5.92 Å². The van der Waals surface area contributed by atoms with E-state index in [1.54, 1.807) is 0 Å². The Morgan fingerprint density at radius 1 is 1.20 bits per heavy atom. The van der Waals surface area contributed by atoms with E-state index in [9.17, 15) is 5.11 Å². The molecule has 0 radical (unpaired) electrons. The number of hydrogen-bond donors (Lipinski definition) is 1. The fourth-order valence-corrected chi connectivity index (χ4v) is 1.20. The van der Waals surface area contributed by atoms with Gasteiger partial charge in [-0.3, -0.25) is 0 Å². The molecular formula is C14H18O. The van der Waals surface area contributed by atoms with E-state index in [1.165, 1.54) is 11.1 Å². The van der Waals surface area contributed by atoms with Gasteiger partial charge in [0.2, 0.25) is 0 Å². The second-order valence-corrected chi connectivity index (χ2v) is 4.21. The molecule has 0 saturated heterocycles. The first-order valence-corrected chi connectivity index (χ1v) is 5.28.